The van der Waals surface area contributed by atoms with E-state index >= 15 is 0 Å². The summed E-state index contributed by atoms with van der Waals surface area (Å²) in [6.45, 7) is 1.82. The molecular weight excluding hydrogens is 376 g/mol. The Labute approximate surface area is 167 Å². The number of aromatic nitrogens is 4. The number of benzene rings is 1. The Bertz CT molecular complexity index is 987. The summed E-state index contributed by atoms with van der Waals surface area (Å²) in [4.78, 5) is 19.9. The maximum Gasteiger partial charge on any atom is 0.147 e. The smallest absolute Gasteiger partial charge is 0.147 e. The second kappa shape index (κ2) is 7.14. The highest BCUT2D eigenvalue weighted by atomic mass is 35.5. The number of halogens is 1. The summed E-state index contributed by atoms with van der Waals surface area (Å²) in [7, 11) is 0. The van der Waals surface area contributed by atoms with E-state index in [-0.39, 0.29) is 6.04 Å². The van der Waals surface area contributed by atoms with Crippen LogP contribution in [0.25, 0.3) is 11.0 Å². The molecule has 1 aliphatic carbocycles. The summed E-state index contributed by atoms with van der Waals surface area (Å²) in [6, 6.07) is 5.56. The van der Waals surface area contributed by atoms with Gasteiger partial charge in [0.2, 0.25) is 0 Å². The normalized spacial score (nSPS) is 27.0. The monoisotopic (exact) mass is 396 g/mol. The lowest BCUT2D eigenvalue weighted by atomic mass is 9.77. The standard InChI is InChI=1S/C20H21ClN6O/c21-14-1-2-15-16(7-14)24-9-20(26-15)27-10-12-5-17(18(28)6-13(12)11-27)25-19-8-22-3-4-23-19/h1-4,7-9,12-13,17-18,28H,5-6,10-11H2,(H,23,25)/t12-,13+,17-,18-/m1/s1. The number of rotatable bonds is 3. The van der Waals surface area contributed by atoms with E-state index in [1.807, 2.05) is 24.4 Å². The molecule has 5 rings (SSSR count). The number of fused-ring (bicyclic) bond motifs is 2. The largest absolute Gasteiger partial charge is 0.391 e. The minimum Gasteiger partial charge on any atom is -0.391 e. The zero-order valence-corrected chi connectivity index (χ0v) is 16.0. The minimum absolute atomic E-state index is 0.0114. The predicted molar refractivity (Wildman–Crippen MR) is 108 cm³/mol. The van der Waals surface area contributed by atoms with Gasteiger partial charge < -0.3 is 15.3 Å². The maximum absolute atomic E-state index is 10.6. The molecule has 1 aromatic carbocycles. The highest BCUT2D eigenvalue weighted by Gasteiger charge is 2.42. The van der Waals surface area contributed by atoms with Crippen LogP contribution in [0.3, 0.4) is 0 Å². The number of hydrogen-bond acceptors (Lipinski definition) is 7. The van der Waals surface area contributed by atoms with E-state index < -0.39 is 6.10 Å². The van der Waals surface area contributed by atoms with E-state index in [0.29, 0.717) is 22.7 Å². The molecule has 0 spiro atoms. The van der Waals surface area contributed by atoms with E-state index in [4.69, 9.17) is 16.6 Å². The van der Waals surface area contributed by atoms with Crippen LogP contribution < -0.4 is 10.2 Å². The zero-order chi connectivity index (χ0) is 19.1. The van der Waals surface area contributed by atoms with Crippen molar-refractivity contribution in [2.75, 3.05) is 23.3 Å². The van der Waals surface area contributed by atoms with Crippen LogP contribution in [0.2, 0.25) is 5.02 Å². The van der Waals surface area contributed by atoms with Gasteiger partial charge in [0.05, 0.1) is 35.6 Å². The quantitative estimate of drug-likeness (QED) is 0.703. The Morgan fingerprint density at radius 3 is 2.71 bits per heavy atom. The molecule has 0 amide bonds. The van der Waals surface area contributed by atoms with E-state index in [2.05, 4.69) is 25.2 Å². The lowest BCUT2D eigenvalue weighted by Gasteiger charge is -2.35. The molecule has 3 heterocycles. The van der Waals surface area contributed by atoms with Crippen LogP contribution in [-0.4, -0.2) is 50.3 Å². The fourth-order valence-corrected chi connectivity index (χ4v) is 4.63. The van der Waals surface area contributed by atoms with E-state index in [1.54, 1.807) is 18.6 Å². The third-order valence-electron chi connectivity index (χ3n) is 5.85. The van der Waals surface area contributed by atoms with Gasteiger partial charge in [0.25, 0.3) is 0 Å². The molecule has 2 N–H and O–H groups in total. The van der Waals surface area contributed by atoms with Crippen LogP contribution in [0.1, 0.15) is 12.8 Å². The number of aliphatic hydroxyl groups is 1. The lowest BCUT2D eigenvalue weighted by Crippen LogP contribution is -2.43. The molecule has 0 unspecified atom stereocenters. The van der Waals surface area contributed by atoms with Gasteiger partial charge >= 0.3 is 0 Å². The van der Waals surface area contributed by atoms with E-state index in [9.17, 15) is 5.11 Å². The Balaban J connectivity index is 1.31. The minimum atomic E-state index is -0.395. The van der Waals surface area contributed by atoms with Crippen LogP contribution in [0.5, 0.6) is 0 Å². The van der Waals surface area contributed by atoms with Crippen LogP contribution in [-0.2, 0) is 0 Å². The number of anilines is 2. The molecule has 1 saturated carbocycles. The fourth-order valence-electron chi connectivity index (χ4n) is 4.46. The number of aliphatic hydroxyl groups excluding tert-OH is 1. The third-order valence-corrected chi connectivity index (χ3v) is 6.09. The summed E-state index contributed by atoms with van der Waals surface area (Å²) < 4.78 is 0. The molecule has 8 heteroatoms. The van der Waals surface area contributed by atoms with Crippen LogP contribution in [0, 0.1) is 11.8 Å². The van der Waals surface area contributed by atoms with Crippen molar-refractivity contribution in [2.24, 2.45) is 11.8 Å². The molecule has 0 radical (unpaired) electrons. The molecule has 144 valence electrons. The van der Waals surface area contributed by atoms with E-state index in [0.717, 1.165) is 42.8 Å². The summed E-state index contributed by atoms with van der Waals surface area (Å²) in [5, 5.41) is 14.6. The van der Waals surface area contributed by atoms with Gasteiger partial charge in [-0.15, -0.1) is 0 Å². The highest BCUT2D eigenvalue weighted by molar-refractivity contribution is 6.31. The molecular formula is C20H21ClN6O. The second-order valence-corrected chi connectivity index (χ2v) is 8.10. The number of nitrogens with zero attached hydrogens (tertiary/aromatic N) is 5. The molecule has 7 nitrogen and oxygen atoms in total. The molecule has 1 aliphatic heterocycles. The van der Waals surface area contributed by atoms with Crippen LogP contribution >= 0.6 is 11.6 Å². The number of hydrogen-bond donors (Lipinski definition) is 2. The first-order valence-electron chi connectivity index (χ1n) is 9.53. The van der Waals surface area contributed by atoms with Gasteiger partial charge in [-0.1, -0.05) is 11.6 Å². The van der Waals surface area contributed by atoms with Gasteiger partial charge in [0.15, 0.2) is 0 Å². The molecule has 2 aromatic heterocycles. The van der Waals surface area contributed by atoms with Crippen molar-refractivity contribution >= 4 is 34.3 Å². The summed E-state index contributed by atoms with van der Waals surface area (Å²) in [5.74, 6) is 2.55. The van der Waals surface area contributed by atoms with Crippen molar-refractivity contribution in [2.45, 2.75) is 25.0 Å². The summed E-state index contributed by atoms with van der Waals surface area (Å²) in [5.41, 5.74) is 1.65. The predicted octanol–water partition coefficient (Wildman–Crippen LogP) is 2.76. The average molecular weight is 397 g/mol. The molecule has 3 aromatic rings. The van der Waals surface area contributed by atoms with Gasteiger partial charge in [-0.3, -0.25) is 9.97 Å². The number of nitrogens with one attached hydrogen (secondary N) is 1. The van der Waals surface area contributed by atoms with Crippen LogP contribution in [0.15, 0.2) is 43.0 Å². The first-order valence-corrected chi connectivity index (χ1v) is 9.91. The molecule has 1 saturated heterocycles. The SMILES string of the molecule is O[C@@H]1C[C@H]2CN(c3cnc4cc(Cl)ccc4n3)C[C@H]2C[C@H]1Nc1cnccn1. The van der Waals surface area contributed by atoms with Crippen molar-refractivity contribution in [3.8, 4) is 0 Å². The fraction of sp³-hybridized carbons (Fsp3) is 0.400. The van der Waals surface area contributed by atoms with Crippen molar-refractivity contribution < 1.29 is 5.11 Å². The topological polar surface area (TPSA) is 87.1 Å². The Morgan fingerprint density at radius 2 is 1.89 bits per heavy atom. The van der Waals surface area contributed by atoms with Crippen LogP contribution in [0.4, 0.5) is 11.6 Å². The first-order chi connectivity index (χ1) is 13.7. The highest BCUT2D eigenvalue weighted by Crippen LogP contribution is 2.38. The average Bonchev–Trinajstić information content (AvgIpc) is 3.11. The Morgan fingerprint density at radius 1 is 1.04 bits per heavy atom. The van der Waals surface area contributed by atoms with Crippen molar-refractivity contribution in [1.29, 1.82) is 0 Å². The Hall–Kier alpha value is -2.51. The zero-order valence-electron chi connectivity index (χ0n) is 15.2. The summed E-state index contributed by atoms with van der Waals surface area (Å²) in [6.07, 6.45) is 8.09. The third kappa shape index (κ3) is 3.36. The summed E-state index contributed by atoms with van der Waals surface area (Å²) >= 11 is 6.04. The van der Waals surface area contributed by atoms with Gasteiger partial charge in [-0.25, -0.2) is 9.97 Å². The van der Waals surface area contributed by atoms with Crippen molar-refractivity contribution in [1.82, 2.24) is 19.9 Å². The molecule has 2 fully saturated rings. The molecule has 0 bridgehead atoms. The van der Waals surface area contributed by atoms with Crippen molar-refractivity contribution in [3.05, 3.63) is 48.0 Å². The molecule has 28 heavy (non-hydrogen) atoms. The van der Waals surface area contributed by atoms with Gasteiger partial charge in [-0.2, -0.15) is 0 Å². The van der Waals surface area contributed by atoms with Gasteiger partial charge in [0.1, 0.15) is 11.6 Å². The Kier molecular flexibility index (Phi) is 4.49. The first kappa shape index (κ1) is 17.6. The second-order valence-electron chi connectivity index (χ2n) is 7.67. The molecule has 4 atom stereocenters. The molecule has 2 aliphatic rings. The lowest BCUT2D eigenvalue weighted by molar-refractivity contribution is 0.0737. The van der Waals surface area contributed by atoms with Gasteiger partial charge in [-0.05, 0) is 42.9 Å². The van der Waals surface area contributed by atoms with Crippen molar-refractivity contribution in [3.63, 3.8) is 0 Å². The van der Waals surface area contributed by atoms with E-state index in [1.165, 1.54) is 0 Å². The maximum atomic E-state index is 10.6. The van der Waals surface area contributed by atoms with Gasteiger partial charge in [0, 0.05) is 30.5 Å².